The maximum Gasteiger partial charge on any atom is 0.119 e. The first-order valence-corrected chi connectivity index (χ1v) is 7.35. The van der Waals surface area contributed by atoms with Crippen molar-refractivity contribution < 1.29 is 4.74 Å². The first-order valence-electron chi connectivity index (χ1n) is 7.35. The zero-order valence-electron chi connectivity index (χ0n) is 12.1. The summed E-state index contributed by atoms with van der Waals surface area (Å²) in [7, 11) is 0. The molecule has 2 heteroatoms. The summed E-state index contributed by atoms with van der Waals surface area (Å²) in [5.41, 5.74) is 2.64. The Morgan fingerprint density at radius 3 is 2.30 bits per heavy atom. The average molecular weight is 269 g/mol. The zero-order chi connectivity index (χ0) is 14.0. The Balaban J connectivity index is 1.90. The smallest absolute Gasteiger partial charge is 0.119 e. The van der Waals surface area contributed by atoms with E-state index in [4.69, 9.17) is 4.74 Å². The lowest BCUT2D eigenvalue weighted by Crippen LogP contribution is -2.18. The summed E-state index contributed by atoms with van der Waals surface area (Å²) in [6, 6.07) is 18.5. The van der Waals surface area contributed by atoms with Gasteiger partial charge in [-0.25, -0.2) is 0 Å². The number of para-hydroxylation sites is 1. The van der Waals surface area contributed by atoms with E-state index in [2.05, 4.69) is 36.5 Å². The van der Waals surface area contributed by atoms with Crippen LogP contribution in [0.15, 0.2) is 54.6 Å². The SMILES string of the molecule is CCCNCCc1ccccc1COc1ccccc1. The Labute approximate surface area is 121 Å². The summed E-state index contributed by atoms with van der Waals surface area (Å²) < 4.78 is 5.84. The van der Waals surface area contributed by atoms with Gasteiger partial charge < -0.3 is 10.1 Å². The molecule has 0 aromatic heterocycles. The summed E-state index contributed by atoms with van der Waals surface area (Å²) in [6.07, 6.45) is 2.23. The molecule has 0 aliphatic rings. The Bertz CT molecular complexity index is 496. The van der Waals surface area contributed by atoms with Gasteiger partial charge >= 0.3 is 0 Å². The molecule has 2 rings (SSSR count). The van der Waals surface area contributed by atoms with Gasteiger partial charge in [0.2, 0.25) is 0 Å². The maximum absolute atomic E-state index is 5.84. The lowest BCUT2D eigenvalue weighted by Gasteiger charge is -2.11. The lowest BCUT2D eigenvalue weighted by atomic mass is 10.1. The Morgan fingerprint density at radius 2 is 1.55 bits per heavy atom. The lowest BCUT2D eigenvalue weighted by molar-refractivity contribution is 0.305. The minimum atomic E-state index is 0.633. The van der Waals surface area contributed by atoms with Gasteiger partial charge in [-0.05, 0) is 49.2 Å². The second-order valence-corrected chi connectivity index (χ2v) is 4.87. The van der Waals surface area contributed by atoms with Gasteiger partial charge in [0.1, 0.15) is 12.4 Å². The summed E-state index contributed by atoms with van der Waals surface area (Å²) >= 11 is 0. The molecule has 0 saturated carbocycles. The molecule has 0 saturated heterocycles. The third kappa shape index (κ3) is 4.71. The molecule has 2 nitrogen and oxygen atoms in total. The number of hydrogen-bond acceptors (Lipinski definition) is 2. The van der Waals surface area contributed by atoms with Crippen molar-refractivity contribution in [3.8, 4) is 5.75 Å². The highest BCUT2D eigenvalue weighted by atomic mass is 16.5. The molecule has 0 atom stereocenters. The molecule has 20 heavy (non-hydrogen) atoms. The van der Waals surface area contributed by atoms with Crippen LogP contribution in [-0.4, -0.2) is 13.1 Å². The van der Waals surface area contributed by atoms with Crippen LogP contribution in [0.1, 0.15) is 24.5 Å². The van der Waals surface area contributed by atoms with Crippen molar-refractivity contribution in [1.82, 2.24) is 5.32 Å². The Kier molecular flexibility index (Phi) is 6.12. The van der Waals surface area contributed by atoms with Crippen molar-refractivity contribution >= 4 is 0 Å². The standard InChI is InChI=1S/C18H23NO/c1-2-13-19-14-12-16-8-6-7-9-17(16)15-20-18-10-4-3-5-11-18/h3-11,19H,2,12-15H2,1H3. The van der Waals surface area contributed by atoms with E-state index in [0.29, 0.717) is 6.61 Å². The fourth-order valence-corrected chi connectivity index (χ4v) is 2.14. The van der Waals surface area contributed by atoms with Gasteiger partial charge in [0.25, 0.3) is 0 Å². The number of nitrogens with one attached hydrogen (secondary N) is 1. The number of rotatable bonds is 8. The first kappa shape index (κ1) is 14.6. The monoisotopic (exact) mass is 269 g/mol. The third-order valence-electron chi connectivity index (χ3n) is 3.25. The van der Waals surface area contributed by atoms with Crippen molar-refractivity contribution in [3.05, 3.63) is 65.7 Å². The molecule has 0 heterocycles. The Morgan fingerprint density at radius 1 is 0.850 bits per heavy atom. The number of ether oxygens (including phenoxy) is 1. The average Bonchev–Trinajstić information content (AvgIpc) is 2.51. The van der Waals surface area contributed by atoms with E-state index < -0.39 is 0 Å². The topological polar surface area (TPSA) is 21.3 Å². The van der Waals surface area contributed by atoms with Crippen molar-refractivity contribution in [2.24, 2.45) is 0 Å². The van der Waals surface area contributed by atoms with Gasteiger partial charge in [0.05, 0.1) is 0 Å². The highest BCUT2D eigenvalue weighted by molar-refractivity contribution is 5.28. The summed E-state index contributed by atoms with van der Waals surface area (Å²) in [6.45, 7) is 4.93. The van der Waals surface area contributed by atoms with E-state index in [0.717, 1.165) is 25.3 Å². The fraction of sp³-hybridized carbons (Fsp3) is 0.333. The van der Waals surface area contributed by atoms with Crippen molar-refractivity contribution in [2.45, 2.75) is 26.4 Å². The molecule has 2 aromatic carbocycles. The third-order valence-corrected chi connectivity index (χ3v) is 3.25. The van der Waals surface area contributed by atoms with Gasteiger partial charge in [0, 0.05) is 0 Å². The molecule has 0 aliphatic carbocycles. The zero-order valence-corrected chi connectivity index (χ0v) is 12.1. The van der Waals surface area contributed by atoms with Crippen molar-refractivity contribution in [3.63, 3.8) is 0 Å². The number of benzene rings is 2. The van der Waals surface area contributed by atoms with E-state index in [1.807, 2.05) is 30.3 Å². The van der Waals surface area contributed by atoms with Crippen LogP contribution in [0.25, 0.3) is 0 Å². The van der Waals surface area contributed by atoms with Crippen molar-refractivity contribution in [1.29, 1.82) is 0 Å². The summed E-state index contributed by atoms with van der Waals surface area (Å²) in [5.74, 6) is 0.923. The second-order valence-electron chi connectivity index (χ2n) is 4.87. The number of hydrogen-bond donors (Lipinski definition) is 1. The fourth-order valence-electron chi connectivity index (χ4n) is 2.14. The minimum absolute atomic E-state index is 0.633. The van der Waals surface area contributed by atoms with Crippen LogP contribution >= 0.6 is 0 Å². The molecule has 0 radical (unpaired) electrons. The van der Waals surface area contributed by atoms with E-state index in [9.17, 15) is 0 Å². The molecule has 0 fully saturated rings. The van der Waals surface area contributed by atoms with Gasteiger partial charge in [-0.1, -0.05) is 49.4 Å². The maximum atomic E-state index is 5.84. The molecular formula is C18H23NO. The molecule has 1 N–H and O–H groups in total. The molecule has 0 bridgehead atoms. The van der Waals surface area contributed by atoms with Crippen LogP contribution in [0.5, 0.6) is 5.75 Å². The van der Waals surface area contributed by atoms with Crippen LogP contribution in [-0.2, 0) is 13.0 Å². The summed E-state index contributed by atoms with van der Waals surface area (Å²) in [5, 5.41) is 3.44. The highest BCUT2D eigenvalue weighted by Crippen LogP contribution is 2.14. The predicted octanol–water partition coefficient (Wildman–Crippen LogP) is 3.81. The van der Waals surface area contributed by atoms with E-state index in [1.54, 1.807) is 0 Å². The van der Waals surface area contributed by atoms with Crippen molar-refractivity contribution in [2.75, 3.05) is 13.1 Å². The van der Waals surface area contributed by atoms with Gasteiger partial charge in [-0.15, -0.1) is 0 Å². The van der Waals surface area contributed by atoms with Crippen LogP contribution in [0.3, 0.4) is 0 Å². The van der Waals surface area contributed by atoms with Crippen LogP contribution in [0.2, 0.25) is 0 Å². The molecule has 0 spiro atoms. The normalized spacial score (nSPS) is 10.4. The van der Waals surface area contributed by atoms with Crippen LogP contribution in [0.4, 0.5) is 0 Å². The largest absolute Gasteiger partial charge is 0.489 e. The van der Waals surface area contributed by atoms with Gasteiger partial charge in [0.15, 0.2) is 0 Å². The molecular weight excluding hydrogens is 246 g/mol. The van der Waals surface area contributed by atoms with Gasteiger partial charge in [-0.3, -0.25) is 0 Å². The highest BCUT2D eigenvalue weighted by Gasteiger charge is 2.02. The quantitative estimate of drug-likeness (QED) is 0.736. The van der Waals surface area contributed by atoms with Crippen LogP contribution < -0.4 is 10.1 Å². The van der Waals surface area contributed by atoms with E-state index >= 15 is 0 Å². The van der Waals surface area contributed by atoms with E-state index in [1.165, 1.54) is 17.5 Å². The minimum Gasteiger partial charge on any atom is -0.489 e. The second kappa shape index (κ2) is 8.39. The van der Waals surface area contributed by atoms with Gasteiger partial charge in [-0.2, -0.15) is 0 Å². The molecule has 0 aliphatic heterocycles. The molecule has 0 unspecified atom stereocenters. The summed E-state index contributed by atoms with van der Waals surface area (Å²) in [4.78, 5) is 0. The van der Waals surface area contributed by atoms with E-state index in [-0.39, 0.29) is 0 Å². The molecule has 0 amide bonds. The first-order chi connectivity index (χ1) is 9.90. The molecule has 2 aromatic rings. The predicted molar refractivity (Wildman–Crippen MR) is 84.1 cm³/mol. The Hall–Kier alpha value is -1.80. The van der Waals surface area contributed by atoms with Crippen LogP contribution in [0, 0.1) is 0 Å². The molecule has 106 valence electrons.